The highest BCUT2D eigenvalue weighted by Gasteiger charge is 2.31. The first-order valence-corrected chi connectivity index (χ1v) is 6.18. The van der Waals surface area contributed by atoms with Gasteiger partial charge in [0.05, 0.1) is 24.6 Å². The third kappa shape index (κ3) is 5.45. The Labute approximate surface area is 108 Å². The molecule has 0 radical (unpaired) electrons. The molecule has 0 saturated carbocycles. The van der Waals surface area contributed by atoms with Crippen molar-refractivity contribution in [2.45, 2.75) is 24.9 Å². The lowest BCUT2D eigenvalue weighted by Crippen LogP contribution is -2.48. The van der Waals surface area contributed by atoms with Crippen molar-refractivity contribution in [1.82, 2.24) is 10.2 Å². The van der Waals surface area contributed by atoms with Crippen LogP contribution in [0, 0.1) is 11.3 Å². The number of nitrogens with zero attached hydrogens (tertiary/aromatic N) is 2. The quantitative estimate of drug-likeness (QED) is 0.624. The summed E-state index contributed by atoms with van der Waals surface area (Å²) in [6, 6.07) is 1.97. The summed E-state index contributed by atoms with van der Waals surface area (Å²) in [6.07, 6.45) is 1.53. The molecular weight excluding hydrogens is 234 g/mol. The van der Waals surface area contributed by atoms with Crippen molar-refractivity contribution in [3.63, 3.8) is 0 Å². The molecule has 2 N–H and O–H groups in total. The van der Waals surface area contributed by atoms with Gasteiger partial charge in [0.25, 0.3) is 0 Å². The van der Waals surface area contributed by atoms with Crippen LogP contribution in [0.25, 0.3) is 0 Å². The lowest BCUT2D eigenvalue weighted by molar-refractivity contribution is -0.123. The zero-order valence-corrected chi connectivity index (χ0v) is 10.8. The molecule has 6 nitrogen and oxygen atoms in total. The topological polar surface area (TPSA) is 85.6 Å². The second-order valence-corrected chi connectivity index (χ2v) is 4.77. The fourth-order valence-electron chi connectivity index (χ4n) is 2.03. The lowest BCUT2D eigenvalue weighted by atomic mass is 9.94. The van der Waals surface area contributed by atoms with Crippen LogP contribution in [0.4, 0.5) is 0 Å². The lowest BCUT2D eigenvalue weighted by Gasteiger charge is -2.35. The third-order valence-electron chi connectivity index (χ3n) is 2.96. The number of ether oxygens (including phenoxy) is 1. The van der Waals surface area contributed by atoms with E-state index in [1.807, 2.05) is 6.07 Å². The summed E-state index contributed by atoms with van der Waals surface area (Å²) >= 11 is 0. The molecule has 0 spiro atoms. The summed E-state index contributed by atoms with van der Waals surface area (Å²) in [7, 11) is 1.80. The minimum absolute atomic E-state index is 0.122. The van der Waals surface area contributed by atoms with E-state index >= 15 is 0 Å². The van der Waals surface area contributed by atoms with Gasteiger partial charge in [-0.3, -0.25) is 9.69 Å². The molecule has 1 aliphatic rings. The Hall–Kier alpha value is -1.16. The number of carbonyl (C=O) groups is 1. The van der Waals surface area contributed by atoms with E-state index in [2.05, 4.69) is 5.32 Å². The van der Waals surface area contributed by atoms with Gasteiger partial charge in [0.1, 0.15) is 0 Å². The van der Waals surface area contributed by atoms with Crippen LogP contribution in [0.5, 0.6) is 0 Å². The molecule has 0 atom stereocenters. The van der Waals surface area contributed by atoms with Crippen molar-refractivity contribution >= 4 is 5.91 Å². The van der Waals surface area contributed by atoms with Crippen LogP contribution in [0.2, 0.25) is 0 Å². The minimum atomic E-state index is -0.750. The van der Waals surface area contributed by atoms with Gasteiger partial charge < -0.3 is 15.2 Å². The summed E-state index contributed by atoms with van der Waals surface area (Å²) < 4.78 is 5.20. The molecule has 6 heteroatoms. The summed E-state index contributed by atoms with van der Waals surface area (Å²) in [4.78, 5) is 13.3. The number of nitriles is 1. The van der Waals surface area contributed by atoms with Crippen molar-refractivity contribution in [3.05, 3.63) is 0 Å². The van der Waals surface area contributed by atoms with E-state index in [4.69, 9.17) is 10.00 Å². The summed E-state index contributed by atoms with van der Waals surface area (Å²) in [6.45, 7) is 2.20. The van der Waals surface area contributed by atoms with E-state index in [1.165, 1.54) is 0 Å². The Bertz CT molecular complexity index is 308. The normalized spacial score (nSPS) is 18.3. The molecule has 0 aromatic carbocycles. The molecule has 1 heterocycles. The van der Waals surface area contributed by atoms with Crippen LogP contribution in [0.15, 0.2) is 0 Å². The second kappa shape index (κ2) is 7.31. The summed E-state index contributed by atoms with van der Waals surface area (Å²) in [5, 5.41) is 21.3. The van der Waals surface area contributed by atoms with Crippen molar-refractivity contribution in [2.24, 2.45) is 0 Å². The Balaban J connectivity index is 2.25. The van der Waals surface area contributed by atoms with Crippen LogP contribution >= 0.6 is 0 Å². The Kier molecular flexibility index (Phi) is 6.05. The Morgan fingerprint density at radius 2 is 2.22 bits per heavy atom. The SMILES string of the molecule is CN(CC(=O)NCCC#N)CC1(O)CCOCC1. The highest BCUT2D eigenvalue weighted by atomic mass is 16.5. The van der Waals surface area contributed by atoms with E-state index in [-0.39, 0.29) is 12.5 Å². The zero-order chi connectivity index (χ0) is 13.4. The average molecular weight is 255 g/mol. The number of nitrogens with one attached hydrogen (secondary N) is 1. The van der Waals surface area contributed by atoms with E-state index in [0.717, 1.165) is 0 Å². The predicted octanol–water partition coefficient (Wildman–Crippen LogP) is -0.510. The maximum atomic E-state index is 11.5. The molecule has 0 aliphatic carbocycles. The van der Waals surface area contributed by atoms with Crippen molar-refractivity contribution < 1.29 is 14.6 Å². The minimum Gasteiger partial charge on any atom is -0.388 e. The Morgan fingerprint density at radius 1 is 1.56 bits per heavy atom. The van der Waals surface area contributed by atoms with E-state index in [9.17, 15) is 9.90 Å². The summed E-state index contributed by atoms with van der Waals surface area (Å²) in [5.41, 5.74) is -0.750. The molecule has 1 rings (SSSR count). The molecule has 0 aromatic heterocycles. The largest absolute Gasteiger partial charge is 0.388 e. The number of aliphatic hydroxyl groups is 1. The number of carbonyl (C=O) groups excluding carboxylic acids is 1. The first-order valence-electron chi connectivity index (χ1n) is 6.18. The average Bonchev–Trinajstić information content (AvgIpc) is 2.29. The third-order valence-corrected chi connectivity index (χ3v) is 2.96. The molecule has 18 heavy (non-hydrogen) atoms. The second-order valence-electron chi connectivity index (χ2n) is 4.77. The van der Waals surface area contributed by atoms with Crippen LogP contribution in [0.3, 0.4) is 0 Å². The van der Waals surface area contributed by atoms with Gasteiger partial charge in [-0.25, -0.2) is 0 Å². The highest BCUT2D eigenvalue weighted by Crippen LogP contribution is 2.20. The molecule has 1 saturated heterocycles. The van der Waals surface area contributed by atoms with Gasteiger partial charge in [0, 0.05) is 39.1 Å². The van der Waals surface area contributed by atoms with Crippen LogP contribution in [-0.2, 0) is 9.53 Å². The van der Waals surface area contributed by atoms with Gasteiger partial charge in [-0.05, 0) is 7.05 Å². The highest BCUT2D eigenvalue weighted by molar-refractivity contribution is 5.77. The molecule has 1 fully saturated rings. The van der Waals surface area contributed by atoms with Crippen LogP contribution in [0.1, 0.15) is 19.3 Å². The number of hydrogen-bond donors (Lipinski definition) is 2. The summed E-state index contributed by atoms with van der Waals surface area (Å²) in [5.74, 6) is -0.122. The van der Waals surface area contributed by atoms with Gasteiger partial charge in [-0.15, -0.1) is 0 Å². The number of hydrogen-bond acceptors (Lipinski definition) is 5. The zero-order valence-electron chi connectivity index (χ0n) is 10.8. The van der Waals surface area contributed by atoms with Crippen LogP contribution < -0.4 is 5.32 Å². The first-order chi connectivity index (χ1) is 8.56. The molecule has 0 unspecified atom stereocenters. The fourth-order valence-corrected chi connectivity index (χ4v) is 2.03. The van der Waals surface area contributed by atoms with Gasteiger partial charge >= 0.3 is 0 Å². The monoisotopic (exact) mass is 255 g/mol. The van der Waals surface area contributed by atoms with Crippen molar-refractivity contribution in [3.8, 4) is 6.07 Å². The van der Waals surface area contributed by atoms with Gasteiger partial charge in [-0.1, -0.05) is 0 Å². The van der Waals surface area contributed by atoms with E-state index in [0.29, 0.717) is 45.6 Å². The molecular formula is C12H21N3O3. The first kappa shape index (κ1) is 14.9. The molecule has 0 aromatic rings. The van der Waals surface area contributed by atoms with E-state index < -0.39 is 5.60 Å². The molecule has 0 bridgehead atoms. The fraction of sp³-hybridized carbons (Fsp3) is 0.833. The molecule has 1 amide bonds. The Morgan fingerprint density at radius 3 is 2.83 bits per heavy atom. The van der Waals surface area contributed by atoms with E-state index in [1.54, 1.807) is 11.9 Å². The van der Waals surface area contributed by atoms with Gasteiger partial charge in [0.2, 0.25) is 5.91 Å². The maximum absolute atomic E-state index is 11.5. The number of rotatable bonds is 6. The predicted molar refractivity (Wildman–Crippen MR) is 65.7 cm³/mol. The molecule has 1 aliphatic heterocycles. The number of likely N-dealkylation sites (N-methyl/N-ethyl adjacent to an activating group) is 1. The molecule has 102 valence electrons. The van der Waals surface area contributed by atoms with Crippen LogP contribution in [-0.4, -0.2) is 61.4 Å². The standard InChI is InChI=1S/C12H21N3O3/c1-15(9-11(16)14-6-2-5-13)10-12(17)3-7-18-8-4-12/h17H,2-4,6-10H2,1H3,(H,14,16). The van der Waals surface area contributed by atoms with Crippen molar-refractivity contribution in [1.29, 1.82) is 5.26 Å². The van der Waals surface area contributed by atoms with Crippen molar-refractivity contribution in [2.75, 3.05) is 39.9 Å². The smallest absolute Gasteiger partial charge is 0.234 e. The van der Waals surface area contributed by atoms with Gasteiger partial charge in [-0.2, -0.15) is 5.26 Å². The maximum Gasteiger partial charge on any atom is 0.234 e. The number of amides is 1. The van der Waals surface area contributed by atoms with Gasteiger partial charge in [0.15, 0.2) is 0 Å².